The Hall–Kier alpha value is -1.27. The lowest BCUT2D eigenvalue weighted by molar-refractivity contribution is 0.625. The standard InChI is InChI=1S/C12H10BrFN2OS/c13-9-3-8(4-10(14)5-9)7-18(17)12-1-2-16-6-11(12)15/h1-6H,7,15H2. The fourth-order valence-corrected chi connectivity index (χ4v) is 3.19. The smallest absolute Gasteiger partial charge is 0.124 e. The first-order valence-electron chi connectivity index (χ1n) is 5.09. The van der Waals surface area contributed by atoms with Gasteiger partial charge in [0, 0.05) is 10.7 Å². The molecule has 3 nitrogen and oxygen atoms in total. The van der Waals surface area contributed by atoms with Crippen LogP contribution in [0.4, 0.5) is 10.1 Å². The highest BCUT2D eigenvalue weighted by molar-refractivity contribution is 9.10. The number of anilines is 1. The van der Waals surface area contributed by atoms with Gasteiger partial charge >= 0.3 is 0 Å². The predicted octanol–water partition coefficient (Wildman–Crippen LogP) is 2.87. The van der Waals surface area contributed by atoms with Gasteiger partial charge in [-0.25, -0.2) is 4.39 Å². The molecule has 0 aliphatic heterocycles. The molecule has 0 aliphatic carbocycles. The first-order chi connectivity index (χ1) is 8.56. The molecule has 0 bridgehead atoms. The number of pyridine rings is 1. The van der Waals surface area contributed by atoms with Crippen LogP contribution in [0.15, 0.2) is 46.0 Å². The van der Waals surface area contributed by atoms with Gasteiger partial charge in [0.25, 0.3) is 0 Å². The average Bonchev–Trinajstić information content (AvgIpc) is 2.27. The molecule has 1 heterocycles. The van der Waals surface area contributed by atoms with Crippen LogP contribution in [0.1, 0.15) is 5.56 Å². The third kappa shape index (κ3) is 3.14. The fraction of sp³-hybridized carbons (Fsp3) is 0.0833. The van der Waals surface area contributed by atoms with Crippen molar-refractivity contribution in [1.82, 2.24) is 4.98 Å². The summed E-state index contributed by atoms with van der Waals surface area (Å²) in [5, 5.41) is 0. The molecular formula is C12H10BrFN2OS. The average molecular weight is 329 g/mol. The second-order valence-electron chi connectivity index (χ2n) is 3.68. The number of nitrogens with zero attached hydrogens (tertiary/aromatic N) is 1. The molecule has 0 saturated carbocycles. The minimum absolute atomic E-state index is 0.213. The molecule has 18 heavy (non-hydrogen) atoms. The summed E-state index contributed by atoms with van der Waals surface area (Å²) in [6.45, 7) is 0. The molecule has 6 heteroatoms. The Morgan fingerprint density at radius 3 is 2.83 bits per heavy atom. The molecule has 1 aromatic carbocycles. The molecular weight excluding hydrogens is 319 g/mol. The van der Waals surface area contributed by atoms with Crippen LogP contribution in [0.3, 0.4) is 0 Å². The number of nitrogens with two attached hydrogens (primary N) is 1. The van der Waals surface area contributed by atoms with Gasteiger partial charge in [0.15, 0.2) is 0 Å². The van der Waals surface area contributed by atoms with Gasteiger partial charge in [-0.1, -0.05) is 15.9 Å². The van der Waals surface area contributed by atoms with Crippen molar-refractivity contribution in [2.75, 3.05) is 5.73 Å². The van der Waals surface area contributed by atoms with Gasteiger partial charge in [-0.3, -0.25) is 9.19 Å². The van der Waals surface area contributed by atoms with E-state index >= 15 is 0 Å². The number of hydrogen-bond donors (Lipinski definition) is 1. The van der Waals surface area contributed by atoms with Crippen LogP contribution in [0.25, 0.3) is 0 Å². The van der Waals surface area contributed by atoms with Crippen molar-refractivity contribution in [2.24, 2.45) is 0 Å². The van der Waals surface area contributed by atoms with Gasteiger partial charge in [-0.2, -0.15) is 0 Å². The lowest BCUT2D eigenvalue weighted by Crippen LogP contribution is -2.01. The molecule has 94 valence electrons. The first kappa shape index (κ1) is 13.2. The van der Waals surface area contributed by atoms with Crippen LogP contribution < -0.4 is 5.73 Å². The van der Waals surface area contributed by atoms with Crippen LogP contribution in [0, 0.1) is 5.82 Å². The molecule has 1 aromatic heterocycles. The van der Waals surface area contributed by atoms with Gasteiger partial charge < -0.3 is 5.73 Å². The molecule has 2 aromatic rings. The Morgan fingerprint density at radius 2 is 2.17 bits per heavy atom. The van der Waals surface area contributed by atoms with Crippen molar-refractivity contribution in [3.8, 4) is 0 Å². The molecule has 0 amide bonds. The van der Waals surface area contributed by atoms with E-state index in [2.05, 4.69) is 20.9 Å². The van der Waals surface area contributed by atoms with E-state index in [9.17, 15) is 8.60 Å². The monoisotopic (exact) mass is 328 g/mol. The van der Waals surface area contributed by atoms with Gasteiger partial charge in [0.1, 0.15) is 5.82 Å². The summed E-state index contributed by atoms with van der Waals surface area (Å²) in [6.07, 6.45) is 2.99. The summed E-state index contributed by atoms with van der Waals surface area (Å²) >= 11 is 3.20. The zero-order chi connectivity index (χ0) is 13.1. The molecule has 2 rings (SSSR count). The van der Waals surface area contributed by atoms with Crippen LogP contribution in [-0.4, -0.2) is 9.19 Å². The normalized spacial score (nSPS) is 12.3. The summed E-state index contributed by atoms with van der Waals surface area (Å²) < 4.78 is 25.9. The Kier molecular flexibility index (Phi) is 4.08. The highest BCUT2D eigenvalue weighted by Gasteiger charge is 2.10. The molecule has 1 unspecified atom stereocenters. The maximum absolute atomic E-state index is 13.2. The second-order valence-corrected chi connectivity index (χ2v) is 6.02. The van der Waals surface area contributed by atoms with Gasteiger partial charge in [0.05, 0.1) is 33.3 Å². The van der Waals surface area contributed by atoms with Gasteiger partial charge in [0.2, 0.25) is 0 Å². The SMILES string of the molecule is Nc1cnccc1S(=O)Cc1cc(F)cc(Br)c1. The molecule has 0 aliphatic rings. The highest BCUT2D eigenvalue weighted by Crippen LogP contribution is 2.20. The summed E-state index contributed by atoms with van der Waals surface area (Å²) in [5.41, 5.74) is 6.73. The Morgan fingerprint density at radius 1 is 1.39 bits per heavy atom. The van der Waals surface area contributed by atoms with E-state index in [1.165, 1.54) is 24.5 Å². The first-order valence-corrected chi connectivity index (χ1v) is 7.20. The number of rotatable bonds is 3. The predicted molar refractivity (Wildman–Crippen MR) is 72.9 cm³/mol. The summed E-state index contributed by atoms with van der Waals surface area (Å²) in [7, 11) is -1.32. The maximum Gasteiger partial charge on any atom is 0.124 e. The van der Waals surface area contributed by atoms with Crippen LogP contribution in [0.2, 0.25) is 0 Å². The number of aromatic nitrogens is 1. The molecule has 1 atom stereocenters. The fourth-order valence-electron chi connectivity index (χ4n) is 1.52. The minimum atomic E-state index is -1.32. The number of hydrogen-bond acceptors (Lipinski definition) is 3. The highest BCUT2D eigenvalue weighted by atomic mass is 79.9. The van der Waals surface area contributed by atoms with Crippen molar-refractivity contribution in [2.45, 2.75) is 10.6 Å². The van der Waals surface area contributed by atoms with Gasteiger partial charge in [-0.05, 0) is 29.8 Å². The van der Waals surface area contributed by atoms with E-state index in [0.717, 1.165) is 0 Å². The quantitative estimate of drug-likeness (QED) is 0.942. The Bertz CT molecular complexity index is 586. The van der Waals surface area contributed by atoms with Crippen LogP contribution in [0.5, 0.6) is 0 Å². The number of benzene rings is 1. The third-order valence-electron chi connectivity index (χ3n) is 2.28. The maximum atomic E-state index is 13.2. The van der Waals surface area contributed by atoms with E-state index in [1.54, 1.807) is 12.1 Å². The van der Waals surface area contributed by atoms with Crippen LogP contribution in [-0.2, 0) is 16.6 Å². The molecule has 0 fully saturated rings. The van der Waals surface area contributed by atoms with Gasteiger partial charge in [-0.15, -0.1) is 0 Å². The zero-order valence-corrected chi connectivity index (χ0v) is 11.7. The van der Waals surface area contributed by atoms with Crippen molar-refractivity contribution in [1.29, 1.82) is 0 Å². The molecule has 2 N–H and O–H groups in total. The molecule has 0 saturated heterocycles. The Labute approximate surface area is 115 Å². The van der Waals surface area contributed by atoms with Crippen molar-refractivity contribution < 1.29 is 8.60 Å². The summed E-state index contributed by atoms with van der Waals surface area (Å²) in [5.74, 6) is -0.149. The number of halogens is 2. The largest absolute Gasteiger partial charge is 0.396 e. The lowest BCUT2D eigenvalue weighted by Gasteiger charge is -2.06. The van der Waals surface area contributed by atoms with E-state index < -0.39 is 10.8 Å². The Balaban J connectivity index is 2.24. The van der Waals surface area contributed by atoms with Crippen LogP contribution >= 0.6 is 15.9 Å². The van der Waals surface area contributed by atoms with E-state index in [-0.39, 0.29) is 11.6 Å². The third-order valence-corrected chi connectivity index (χ3v) is 4.19. The van der Waals surface area contributed by atoms with Crippen molar-refractivity contribution in [3.05, 3.63) is 52.5 Å². The summed E-state index contributed by atoms with van der Waals surface area (Å²) in [6, 6.07) is 6.06. The number of nitrogen functional groups attached to an aromatic ring is 1. The van der Waals surface area contributed by atoms with E-state index in [1.807, 2.05) is 0 Å². The minimum Gasteiger partial charge on any atom is -0.396 e. The van der Waals surface area contributed by atoms with E-state index in [4.69, 9.17) is 5.73 Å². The second kappa shape index (κ2) is 5.58. The zero-order valence-electron chi connectivity index (χ0n) is 9.27. The lowest BCUT2D eigenvalue weighted by atomic mass is 10.2. The van der Waals surface area contributed by atoms with E-state index in [0.29, 0.717) is 20.6 Å². The van der Waals surface area contributed by atoms with Crippen molar-refractivity contribution >= 4 is 32.4 Å². The molecule has 0 spiro atoms. The molecule has 0 radical (unpaired) electrons. The topological polar surface area (TPSA) is 56.0 Å². The van der Waals surface area contributed by atoms with Crippen molar-refractivity contribution in [3.63, 3.8) is 0 Å². The summed E-state index contributed by atoms with van der Waals surface area (Å²) in [4.78, 5) is 4.35.